The van der Waals surface area contributed by atoms with Crippen molar-refractivity contribution in [1.29, 1.82) is 0 Å². The first-order chi connectivity index (χ1) is 7.13. The molecule has 0 radical (unpaired) electrons. The first kappa shape index (κ1) is 10.4. The molecule has 82 valence electrons. The van der Waals surface area contributed by atoms with E-state index >= 15 is 0 Å². The van der Waals surface area contributed by atoms with Crippen LogP contribution in [0.15, 0.2) is 18.2 Å². The van der Waals surface area contributed by atoms with Gasteiger partial charge in [0.05, 0.1) is 0 Å². The molecule has 3 nitrogen and oxygen atoms in total. The van der Waals surface area contributed by atoms with Crippen LogP contribution in [0.2, 0.25) is 0 Å². The third-order valence-corrected chi connectivity index (χ3v) is 2.66. The lowest BCUT2D eigenvalue weighted by molar-refractivity contribution is 0.325. The molecule has 0 aromatic heterocycles. The molecule has 4 heteroatoms. The molecule has 1 fully saturated rings. The van der Waals surface area contributed by atoms with Gasteiger partial charge in [0.25, 0.3) is 0 Å². The lowest BCUT2D eigenvalue weighted by Crippen LogP contribution is -2.26. The van der Waals surface area contributed by atoms with Gasteiger partial charge in [-0.2, -0.15) is 0 Å². The van der Waals surface area contributed by atoms with Gasteiger partial charge in [0.2, 0.25) is 0 Å². The van der Waals surface area contributed by atoms with Gasteiger partial charge < -0.3 is 10.8 Å². The summed E-state index contributed by atoms with van der Waals surface area (Å²) in [4.78, 5) is 2.17. The largest absolute Gasteiger partial charge is 0.508 e. The summed E-state index contributed by atoms with van der Waals surface area (Å²) in [7, 11) is 0. The second-order valence-corrected chi connectivity index (χ2v) is 4.10. The quantitative estimate of drug-likeness (QED) is 0.767. The van der Waals surface area contributed by atoms with Gasteiger partial charge in [-0.05, 0) is 24.1 Å². The molecule has 1 aromatic carbocycles. The summed E-state index contributed by atoms with van der Waals surface area (Å²) in [6.07, 6.45) is 0.987. The molecule has 1 saturated heterocycles. The fraction of sp³-hybridized carbons (Fsp3) is 0.455. The van der Waals surface area contributed by atoms with Gasteiger partial charge in [0, 0.05) is 31.7 Å². The second kappa shape index (κ2) is 4.16. The normalized spacial score (nSPS) is 22.1. The van der Waals surface area contributed by atoms with Gasteiger partial charge in [0.15, 0.2) is 0 Å². The maximum atomic E-state index is 13.0. The van der Waals surface area contributed by atoms with E-state index < -0.39 is 5.82 Å². The summed E-state index contributed by atoms with van der Waals surface area (Å²) in [6, 6.07) is 4.38. The van der Waals surface area contributed by atoms with Crippen LogP contribution in [0.25, 0.3) is 0 Å². The molecule has 0 aliphatic carbocycles. The molecule has 0 bridgehead atoms. The zero-order valence-corrected chi connectivity index (χ0v) is 8.49. The van der Waals surface area contributed by atoms with Crippen LogP contribution in [-0.4, -0.2) is 29.1 Å². The molecule has 2 rings (SSSR count). The maximum Gasteiger partial charge on any atom is 0.127 e. The lowest BCUT2D eigenvalue weighted by Gasteiger charge is -2.15. The Morgan fingerprint density at radius 1 is 1.47 bits per heavy atom. The molecular weight excluding hydrogens is 195 g/mol. The Bertz CT molecular complexity index is 336. The Labute approximate surface area is 88.3 Å². The number of benzene rings is 1. The molecular formula is C11H15FN2O. The van der Waals surface area contributed by atoms with Crippen molar-refractivity contribution in [3.05, 3.63) is 29.6 Å². The topological polar surface area (TPSA) is 49.5 Å². The van der Waals surface area contributed by atoms with E-state index in [0.717, 1.165) is 31.1 Å². The Balaban J connectivity index is 2.04. The van der Waals surface area contributed by atoms with Gasteiger partial charge in [0.1, 0.15) is 11.6 Å². The minimum atomic E-state index is -0.395. The van der Waals surface area contributed by atoms with Crippen molar-refractivity contribution in [1.82, 2.24) is 4.90 Å². The van der Waals surface area contributed by atoms with E-state index in [9.17, 15) is 9.50 Å². The van der Waals surface area contributed by atoms with Crippen LogP contribution < -0.4 is 5.73 Å². The summed E-state index contributed by atoms with van der Waals surface area (Å²) in [5.74, 6) is -0.415. The maximum absolute atomic E-state index is 13.0. The minimum absolute atomic E-state index is 0.0199. The number of phenols is 1. The SMILES string of the molecule is N[C@H]1CCN(Cc2cc(O)cc(F)c2)C1. The zero-order chi connectivity index (χ0) is 10.8. The number of likely N-dealkylation sites (tertiary alicyclic amines) is 1. The van der Waals surface area contributed by atoms with Crippen LogP contribution in [0, 0.1) is 5.82 Å². The van der Waals surface area contributed by atoms with Gasteiger partial charge >= 0.3 is 0 Å². The number of hydrogen-bond acceptors (Lipinski definition) is 3. The number of halogens is 1. The monoisotopic (exact) mass is 210 g/mol. The van der Waals surface area contributed by atoms with E-state index in [1.165, 1.54) is 6.07 Å². The van der Waals surface area contributed by atoms with Crippen LogP contribution >= 0.6 is 0 Å². The van der Waals surface area contributed by atoms with Crippen molar-refractivity contribution in [2.45, 2.75) is 19.0 Å². The molecule has 1 aliphatic rings. The number of aromatic hydroxyl groups is 1. The fourth-order valence-corrected chi connectivity index (χ4v) is 1.99. The van der Waals surface area contributed by atoms with Crippen LogP contribution in [0.3, 0.4) is 0 Å². The van der Waals surface area contributed by atoms with Crippen LogP contribution in [0.5, 0.6) is 5.75 Å². The highest BCUT2D eigenvalue weighted by Gasteiger charge is 2.19. The van der Waals surface area contributed by atoms with Crippen molar-refractivity contribution in [2.75, 3.05) is 13.1 Å². The number of nitrogens with zero attached hydrogens (tertiary/aromatic N) is 1. The van der Waals surface area contributed by atoms with E-state index in [4.69, 9.17) is 5.73 Å². The second-order valence-electron chi connectivity index (χ2n) is 4.10. The summed E-state index contributed by atoms with van der Waals surface area (Å²) in [6.45, 7) is 2.44. The summed E-state index contributed by atoms with van der Waals surface area (Å²) in [5, 5.41) is 9.24. The average Bonchev–Trinajstić information content (AvgIpc) is 2.49. The predicted molar refractivity (Wildman–Crippen MR) is 55.9 cm³/mol. The van der Waals surface area contributed by atoms with Crippen molar-refractivity contribution < 1.29 is 9.50 Å². The van der Waals surface area contributed by atoms with Crippen molar-refractivity contribution in [3.8, 4) is 5.75 Å². The van der Waals surface area contributed by atoms with E-state index in [-0.39, 0.29) is 11.8 Å². The van der Waals surface area contributed by atoms with E-state index in [2.05, 4.69) is 4.90 Å². The van der Waals surface area contributed by atoms with Gasteiger partial charge in [-0.15, -0.1) is 0 Å². The highest BCUT2D eigenvalue weighted by molar-refractivity contribution is 5.28. The fourth-order valence-electron chi connectivity index (χ4n) is 1.99. The minimum Gasteiger partial charge on any atom is -0.508 e. The first-order valence-corrected chi connectivity index (χ1v) is 5.10. The Morgan fingerprint density at radius 2 is 2.27 bits per heavy atom. The first-order valence-electron chi connectivity index (χ1n) is 5.10. The highest BCUT2D eigenvalue weighted by Crippen LogP contribution is 2.18. The van der Waals surface area contributed by atoms with Crippen molar-refractivity contribution in [2.24, 2.45) is 5.73 Å². The van der Waals surface area contributed by atoms with Crippen molar-refractivity contribution in [3.63, 3.8) is 0 Å². The number of nitrogens with two attached hydrogens (primary N) is 1. The zero-order valence-electron chi connectivity index (χ0n) is 8.49. The Morgan fingerprint density at radius 3 is 2.87 bits per heavy atom. The average molecular weight is 210 g/mol. The van der Waals surface area contributed by atoms with E-state index in [0.29, 0.717) is 6.54 Å². The third-order valence-electron chi connectivity index (χ3n) is 2.66. The van der Waals surface area contributed by atoms with Gasteiger partial charge in [-0.3, -0.25) is 4.90 Å². The number of rotatable bonds is 2. The van der Waals surface area contributed by atoms with Crippen molar-refractivity contribution >= 4 is 0 Å². The number of hydrogen-bond donors (Lipinski definition) is 2. The Kier molecular flexibility index (Phi) is 2.88. The van der Waals surface area contributed by atoms with E-state index in [1.807, 2.05) is 0 Å². The standard InChI is InChI=1S/C11H15FN2O/c12-9-3-8(4-11(15)5-9)6-14-2-1-10(13)7-14/h3-5,10,15H,1-2,6-7,13H2/t10-/m0/s1. The number of phenolic OH excluding ortho intramolecular Hbond substituents is 1. The molecule has 1 heterocycles. The van der Waals surface area contributed by atoms with Crippen LogP contribution in [0.1, 0.15) is 12.0 Å². The molecule has 3 N–H and O–H groups in total. The van der Waals surface area contributed by atoms with Gasteiger partial charge in [-0.25, -0.2) is 4.39 Å². The molecule has 1 aromatic rings. The molecule has 15 heavy (non-hydrogen) atoms. The predicted octanol–water partition coefficient (Wildman–Crippen LogP) is 1.06. The lowest BCUT2D eigenvalue weighted by atomic mass is 10.2. The summed E-state index contributed by atoms with van der Waals surface area (Å²) >= 11 is 0. The molecule has 0 saturated carbocycles. The van der Waals surface area contributed by atoms with E-state index in [1.54, 1.807) is 6.07 Å². The molecule has 0 unspecified atom stereocenters. The summed E-state index contributed by atoms with van der Waals surface area (Å²) < 4.78 is 13.0. The molecule has 1 atom stereocenters. The van der Waals surface area contributed by atoms with Crippen LogP contribution in [0.4, 0.5) is 4.39 Å². The summed E-state index contributed by atoms with van der Waals surface area (Å²) in [5.41, 5.74) is 6.57. The highest BCUT2D eigenvalue weighted by atomic mass is 19.1. The smallest absolute Gasteiger partial charge is 0.127 e. The van der Waals surface area contributed by atoms with Gasteiger partial charge in [-0.1, -0.05) is 0 Å². The molecule has 0 spiro atoms. The Hall–Kier alpha value is -1.13. The molecule has 1 aliphatic heterocycles. The molecule has 0 amide bonds. The third kappa shape index (κ3) is 2.67. The van der Waals surface area contributed by atoms with Crippen LogP contribution in [-0.2, 0) is 6.54 Å².